The van der Waals surface area contributed by atoms with Crippen LogP contribution in [0.1, 0.15) is 0 Å². The minimum Gasteiger partial charge on any atom is -0.0622 e. The van der Waals surface area contributed by atoms with Crippen molar-refractivity contribution in [3.8, 4) is 44.5 Å². The average Bonchev–Trinajstić information content (AvgIpc) is 3.14. The van der Waals surface area contributed by atoms with Crippen LogP contribution in [0.3, 0.4) is 0 Å². The van der Waals surface area contributed by atoms with Crippen LogP contribution in [0.2, 0.25) is 0 Å². The van der Waals surface area contributed by atoms with Gasteiger partial charge >= 0.3 is 0 Å². The zero-order chi connectivity index (χ0) is 30.5. The third-order valence-electron chi connectivity index (χ3n) is 9.45. The summed E-state index contributed by atoms with van der Waals surface area (Å²) in [7, 11) is 0. The van der Waals surface area contributed by atoms with Crippen molar-refractivity contribution in [2.24, 2.45) is 0 Å². The number of hydrogen-bond acceptors (Lipinski definition) is 0. The quantitative estimate of drug-likeness (QED) is 0.143. The minimum absolute atomic E-state index is 1.23. The van der Waals surface area contributed by atoms with Crippen molar-refractivity contribution < 1.29 is 0 Å². The molecule has 0 aromatic heterocycles. The maximum Gasteiger partial charge on any atom is -0.00199 e. The molecule has 9 rings (SSSR count). The Morgan fingerprint density at radius 3 is 1.28 bits per heavy atom. The summed E-state index contributed by atoms with van der Waals surface area (Å²) >= 11 is 0. The van der Waals surface area contributed by atoms with Gasteiger partial charge in [0, 0.05) is 0 Å². The molecular formula is C46H30. The normalized spacial score (nSPS) is 11.5. The monoisotopic (exact) mass is 582 g/mol. The number of fused-ring (bicyclic) bond motifs is 5. The molecule has 9 aromatic rings. The predicted molar refractivity (Wildman–Crippen MR) is 198 cm³/mol. The summed E-state index contributed by atoms with van der Waals surface area (Å²) in [4.78, 5) is 0. The first-order valence-electron chi connectivity index (χ1n) is 15.9. The molecule has 9 aromatic carbocycles. The van der Waals surface area contributed by atoms with Crippen molar-refractivity contribution in [1.82, 2.24) is 0 Å². The van der Waals surface area contributed by atoms with Gasteiger partial charge in [0.1, 0.15) is 0 Å². The van der Waals surface area contributed by atoms with Crippen LogP contribution in [0.5, 0.6) is 0 Å². The van der Waals surface area contributed by atoms with E-state index in [0.29, 0.717) is 0 Å². The van der Waals surface area contributed by atoms with Crippen molar-refractivity contribution in [3.63, 3.8) is 0 Å². The molecule has 0 unspecified atom stereocenters. The van der Waals surface area contributed by atoms with Crippen molar-refractivity contribution in [3.05, 3.63) is 182 Å². The van der Waals surface area contributed by atoms with Gasteiger partial charge in [-0.15, -0.1) is 0 Å². The van der Waals surface area contributed by atoms with Gasteiger partial charge in [-0.25, -0.2) is 0 Å². The van der Waals surface area contributed by atoms with Gasteiger partial charge in [0.25, 0.3) is 0 Å². The third-order valence-corrected chi connectivity index (χ3v) is 9.45. The second-order valence-electron chi connectivity index (χ2n) is 12.0. The highest BCUT2D eigenvalue weighted by atomic mass is 14.2. The van der Waals surface area contributed by atoms with Crippen LogP contribution in [0, 0.1) is 0 Å². The van der Waals surface area contributed by atoms with Crippen molar-refractivity contribution in [1.29, 1.82) is 0 Å². The Labute approximate surface area is 268 Å². The predicted octanol–water partition coefficient (Wildman–Crippen LogP) is 13.0. The lowest BCUT2D eigenvalue weighted by atomic mass is 9.82. The van der Waals surface area contributed by atoms with E-state index in [1.165, 1.54) is 87.6 Å². The van der Waals surface area contributed by atoms with E-state index < -0.39 is 0 Å². The Morgan fingerprint density at radius 2 is 0.674 bits per heavy atom. The zero-order valence-corrected chi connectivity index (χ0v) is 25.3. The Hall–Kier alpha value is -5.98. The number of benzene rings is 9. The number of hydrogen-bond donors (Lipinski definition) is 0. The van der Waals surface area contributed by atoms with Crippen molar-refractivity contribution in [2.75, 3.05) is 0 Å². The molecule has 0 nitrogen and oxygen atoms in total. The summed E-state index contributed by atoms with van der Waals surface area (Å²) in [6.45, 7) is 0. The Morgan fingerprint density at radius 1 is 0.217 bits per heavy atom. The Balaban J connectivity index is 1.40. The molecule has 0 aliphatic rings. The van der Waals surface area contributed by atoms with Gasteiger partial charge in [-0.3, -0.25) is 0 Å². The fourth-order valence-corrected chi connectivity index (χ4v) is 7.41. The summed E-state index contributed by atoms with van der Waals surface area (Å²) in [6.07, 6.45) is 0. The largest absolute Gasteiger partial charge is 0.0622 e. The second-order valence-corrected chi connectivity index (χ2v) is 12.0. The SMILES string of the molecule is c1ccc(-c2ccc3c(c2)cc(-c2c4ccccc4c(-c4ccccc4-c4ccccc4)c4ccccc24)c2ccccc23)cc1. The molecule has 0 N–H and O–H groups in total. The molecule has 0 amide bonds. The molecule has 0 saturated carbocycles. The van der Waals surface area contributed by atoms with E-state index in [9.17, 15) is 0 Å². The minimum atomic E-state index is 1.23. The number of rotatable bonds is 4. The first-order chi connectivity index (χ1) is 22.8. The smallest absolute Gasteiger partial charge is 0.00199 e. The lowest BCUT2D eigenvalue weighted by molar-refractivity contribution is 1.61. The fraction of sp³-hybridized carbons (Fsp3) is 0. The van der Waals surface area contributed by atoms with E-state index in [1.807, 2.05) is 0 Å². The summed E-state index contributed by atoms with van der Waals surface area (Å²) < 4.78 is 0. The molecule has 0 aliphatic heterocycles. The third kappa shape index (κ3) is 4.23. The first-order valence-corrected chi connectivity index (χ1v) is 15.9. The second kappa shape index (κ2) is 10.9. The molecular weight excluding hydrogens is 553 g/mol. The zero-order valence-electron chi connectivity index (χ0n) is 25.3. The van der Waals surface area contributed by atoms with Crippen LogP contribution < -0.4 is 0 Å². The van der Waals surface area contributed by atoms with Gasteiger partial charge in [0.15, 0.2) is 0 Å². The van der Waals surface area contributed by atoms with E-state index in [1.54, 1.807) is 0 Å². The maximum atomic E-state index is 2.43. The van der Waals surface area contributed by atoms with E-state index in [4.69, 9.17) is 0 Å². The molecule has 0 spiro atoms. The standard InChI is InChI=1S/C46H30/c1-3-15-31(16-4-1)33-27-28-36-34(29-33)30-44(38-21-9-8-20-37(36)38)46-42-25-13-11-23-40(42)45(41-24-12-14-26-43(41)46)39-22-10-7-19-35(39)32-17-5-2-6-18-32/h1-30H. The Kier molecular flexibility index (Phi) is 6.25. The van der Waals surface area contributed by atoms with Crippen LogP contribution >= 0.6 is 0 Å². The van der Waals surface area contributed by atoms with E-state index in [0.717, 1.165) is 0 Å². The molecule has 46 heavy (non-hydrogen) atoms. The van der Waals surface area contributed by atoms with Gasteiger partial charge in [-0.1, -0.05) is 170 Å². The lowest BCUT2D eigenvalue weighted by Crippen LogP contribution is -1.93. The van der Waals surface area contributed by atoms with E-state index in [-0.39, 0.29) is 0 Å². The topological polar surface area (TPSA) is 0 Å². The highest BCUT2D eigenvalue weighted by Crippen LogP contribution is 2.48. The molecule has 0 atom stereocenters. The fourth-order valence-electron chi connectivity index (χ4n) is 7.41. The average molecular weight is 583 g/mol. The summed E-state index contributed by atoms with van der Waals surface area (Å²) in [5, 5.41) is 10.1. The van der Waals surface area contributed by atoms with E-state index >= 15 is 0 Å². The molecule has 0 aliphatic carbocycles. The van der Waals surface area contributed by atoms with Gasteiger partial charge in [-0.05, 0) is 99.7 Å². The maximum absolute atomic E-state index is 2.43. The lowest BCUT2D eigenvalue weighted by Gasteiger charge is -2.21. The van der Waals surface area contributed by atoms with Crippen LogP contribution in [0.25, 0.3) is 87.6 Å². The van der Waals surface area contributed by atoms with Crippen molar-refractivity contribution in [2.45, 2.75) is 0 Å². The molecule has 0 fully saturated rings. The first kappa shape index (κ1) is 26.4. The summed E-state index contributed by atoms with van der Waals surface area (Å²) in [5.74, 6) is 0. The van der Waals surface area contributed by atoms with E-state index in [2.05, 4.69) is 182 Å². The molecule has 0 heteroatoms. The van der Waals surface area contributed by atoms with Crippen molar-refractivity contribution >= 4 is 43.1 Å². The highest BCUT2D eigenvalue weighted by molar-refractivity contribution is 6.26. The van der Waals surface area contributed by atoms with Crippen LogP contribution in [0.15, 0.2) is 182 Å². The van der Waals surface area contributed by atoms with Crippen LogP contribution in [-0.4, -0.2) is 0 Å². The Bertz CT molecular complexity index is 2500. The summed E-state index contributed by atoms with van der Waals surface area (Å²) in [5.41, 5.74) is 10.0. The van der Waals surface area contributed by atoms with Crippen LogP contribution in [-0.2, 0) is 0 Å². The molecule has 0 radical (unpaired) electrons. The highest BCUT2D eigenvalue weighted by Gasteiger charge is 2.20. The molecule has 0 bridgehead atoms. The van der Waals surface area contributed by atoms with Crippen LogP contribution in [0.4, 0.5) is 0 Å². The van der Waals surface area contributed by atoms with Gasteiger partial charge in [0.2, 0.25) is 0 Å². The summed E-state index contributed by atoms with van der Waals surface area (Å²) in [6, 6.07) is 66.5. The van der Waals surface area contributed by atoms with Gasteiger partial charge < -0.3 is 0 Å². The molecule has 0 heterocycles. The molecule has 214 valence electrons. The van der Waals surface area contributed by atoms with Gasteiger partial charge in [0.05, 0.1) is 0 Å². The molecule has 0 saturated heterocycles. The van der Waals surface area contributed by atoms with Gasteiger partial charge in [-0.2, -0.15) is 0 Å².